The smallest absolute Gasteiger partial charge is 0.383 e. The topological polar surface area (TPSA) is 59.2 Å². The summed E-state index contributed by atoms with van der Waals surface area (Å²) in [5.41, 5.74) is 0.556. The lowest BCUT2D eigenvalue weighted by molar-refractivity contribution is -0.204. The van der Waals surface area contributed by atoms with E-state index in [0.29, 0.717) is 10.6 Å². The molecule has 1 unspecified atom stereocenters. The van der Waals surface area contributed by atoms with Crippen LogP contribution in [-0.4, -0.2) is 27.5 Å². The molecule has 0 saturated carbocycles. The van der Waals surface area contributed by atoms with Crippen molar-refractivity contribution in [3.05, 3.63) is 35.2 Å². The summed E-state index contributed by atoms with van der Waals surface area (Å²) < 4.78 is 41.1. The molecule has 0 amide bonds. The summed E-state index contributed by atoms with van der Waals surface area (Å²) in [5, 5.41) is 12.9. The third-order valence-corrected chi connectivity index (χ3v) is 2.57. The van der Waals surface area contributed by atoms with E-state index >= 15 is 0 Å². The van der Waals surface area contributed by atoms with Crippen molar-refractivity contribution in [3.8, 4) is 11.4 Å². The molecule has 1 aromatic heterocycles. The molecule has 1 aromatic carbocycles. The lowest BCUT2D eigenvalue weighted by Crippen LogP contribution is -2.30. The Bertz CT molecular complexity index is 554. The molecule has 1 heterocycles. The van der Waals surface area contributed by atoms with Crippen molar-refractivity contribution in [2.24, 2.45) is 0 Å². The second kappa shape index (κ2) is 5.18. The molecule has 2 rings (SSSR count). The van der Waals surface area contributed by atoms with E-state index in [1.54, 1.807) is 24.3 Å². The van der Waals surface area contributed by atoms with E-state index in [1.807, 2.05) is 0 Å². The van der Waals surface area contributed by atoms with Gasteiger partial charge in [0.05, 0.1) is 6.42 Å². The molecule has 102 valence electrons. The molecule has 1 atom stereocenters. The Morgan fingerprint density at radius 2 is 1.89 bits per heavy atom. The minimum absolute atomic E-state index is 0.140. The Balaban J connectivity index is 2.13. The van der Waals surface area contributed by atoms with E-state index in [9.17, 15) is 13.2 Å². The number of halogens is 4. The van der Waals surface area contributed by atoms with Crippen LogP contribution in [0.5, 0.6) is 0 Å². The molecule has 8 heteroatoms. The van der Waals surface area contributed by atoms with E-state index in [-0.39, 0.29) is 11.7 Å². The highest BCUT2D eigenvalue weighted by Crippen LogP contribution is 2.24. The number of rotatable bonds is 3. The minimum atomic E-state index is -4.71. The van der Waals surface area contributed by atoms with Crippen molar-refractivity contribution in [1.82, 2.24) is 10.1 Å². The highest BCUT2D eigenvalue weighted by atomic mass is 35.5. The van der Waals surface area contributed by atoms with Crippen LogP contribution in [0.1, 0.15) is 5.89 Å². The Morgan fingerprint density at radius 3 is 2.47 bits per heavy atom. The van der Waals surface area contributed by atoms with E-state index in [0.717, 1.165) is 0 Å². The van der Waals surface area contributed by atoms with Crippen LogP contribution in [0, 0.1) is 0 Å². The first-order chi connectivity index (χ1) is 8.86. The number of hydrogen-bond donors (Lipinski definition) is 1. The van der Waals surface area contributed by atoms with Gasteiger partial charge in [-0.2, -0.15) is 18.2 Å². The van der Waals surface area contributed by atoms with Crippen LogP contribution in [0.3, 0.4) is 0 Å². The molecule has 2 aromatic rings. The van der Waals surface area contributed by atoms with Gasteiger partial charge in [-0.15, -0.1) is 0 Å². The zero-order valence-corrected chi connectivity index (χ0v) is 10.1. The van der Waals surface area contributed by atoms with Crippen molar-refractivity contribution >= 4 is 11.6 Å². The van der Waals surface area contributed by atoms with E-state index in [4.69, 9.17) is 16.7 Å². The maximum absolute atomic E-state index is 12.2. The summed E-state index contributed by atoms with van der Waals surface area (Å²) in [4.78, 5) is 3.78. The zero-order chi connectivity index (χ0) is 14.0. The minimum Gasteiger partial charge on any atom is -0.383 e. The number of hydrogen-bond acceptors (Lipinski definition) is 4. The second-order valence-corrected chi connectivity index (χ2v) is 4.22. The Kier molecular flexibility index (Phi) is 3.77. The highest BCUT2D eigenvalue weighted by molar-refractivity contribution is 6.30. The number of alkyl halides is 3. The first kappa shape index (κ1) is 13.8. The molecule has 0 radical (unpaired) electrons. The Labute approximate surface area is 110 Å². The second-order valence-electron chi connectivity index (χ2n) is 3.78. The van der Waals surface area contributed by atoms with Crippen LogP contribution in [0.15, 0.2) is 28.8 Å². The largest absolute Gasteiger partial charge is 0.414 e. The molecule has 0 fully saturated rings. The molecule has 4 nitrogen and oxygen atoms in total. The zero-order valence-electron chi connectivity index (χ0n) is 9.36. The Morgan fingerprint density at radius 1 is 1.26 bits per heavy atom. The maximum atomic E-state index is 12.2. The van der Waals surface area contributed by atoms with E-state index in [2.05, 4.69) is 14.7 Å². The summed E-state index contributed by atoms with van der Waals surface area (Å²) in [5.74, 6) is -0.143. The van der Waals surface area contributed by atoms with Gasteiger partial charge in [0.25, 0.3) is 0 Å². The predicted molar refractivity (Wildman–Crippen MR) is 60.5 cm³/mol. The highest BCUT2D eigenvalue weighted by Gasteiger charge is 2.39. The van der Waals surface area contributed by atoms with E-state index in [1.165, 1.54) is 0 Å². The molecule has 0 aliphatic rings. The lowest BCUT2D eigenvalue weighted by atomic mass is 10.2. The summed E-state index contributed by atoms with van der Waals surface area (Å²) in [6, 6.07) is 6.41. The van der Waals surface area contributed by atoms with Crippen LogP contribution in [0.25, 0.3) is 11.4 Å². The first-order valence-corrected chi connectivity index (χ1v) is 5.57. The van der Waals surface area contributed by atoms with Crippen LogP contribution in [-0.2, 0) is 6.42 Å². The van der Waals surface area contributed by atoms with Gasteiger partial charge in [-0.05, 0) is 24.3 Å². The number of nitrogens with zero attached hydrogens (tertiary/aromatic N) is 2. The molecule has 19 heavy (non-hydrogen) atoms. The lowest BCUT2D eigenvalue weighted by Gasteiger charge is -2.11. The predicted octanol–water partition coefficient (Wildman–Crippen LogP) is 2.86. The van der Waals surface area contributed by atoms with Gasteiger partial charge in [0.15, 0.2) is 6.10 Å². The van der Waals surface area contributed by atoms with Crippen molar-refractivity contribution < 1.29 is 22.8 Å². The van der Waals surface area contributed by atoms with Gasteiger partial charge in [-0.25, -0.2) is 0 Å². The van der Waals surface area contributed by atoms with Crippen molar-refractivity contribution in [2.45, 2.75) is 18.7 Å². The number of aromatic nitrogens is 2. The quantitative estimate of drug-likeness (QED) is 0.945. The Hall–Kier alpha value is -1.60. The summed E-state index contributed by atoms with van der Waals surface area (Å²) in [6.45, 7) is 0. The molecule has 0 aliphatic heterocycles. The van der Waals surface area contributed by atoms with Gasteiger partial charge in [0.2, 0.25) is 11.7 Å². The molecule has 0 saturated heterocycles. The van der Waals surface area contributed by atoms with Crippen molar-refractivity contribution in [2.75, 3.05) is 0 Å². The third kappa shape index (κ3) is 3.45. The van der Waals surface area contributed by atoms with Gasteiger partial charge >= 0.3 is 6.18 Å². The molecule has 0 aliphatic carbocycles. The normalized spacial score (nSPS) is 13.5. The number of aliphatic hydroxyl groups excluding tert-OH is 1. The van der Waals surface area contributed by atoms with Crippen molar-refractivity contribution in [1.29, 1.82) is 0 Å². The van der Waals surface area contributed by atoms with E-state index < -0.39 is 18.7 Å². The average molecular weight is 293 g/mol. The maximum Gasteiger partial charge on any atom is 0.414 e. The SMILES string of the molecule is OC(Cc1nc(-c2ccc(Cl)cc2)no1)C(F)(F)F. The summed E-state index contributed by atoms with van der Waals surface area (Å²) in [7, 11) is 0. The van der Waals surface area contributed by atoms with Gasteiger partial charge in [0, 0.05) is 10.6 Å². The van der Waals surface area contributed by atoms with Crippen LogP contribution < -0.4 is 0 Å². The molecule has 1 N–H and O–H groups in total. The van der Waals surface area contributed by atoms with Crippen LogP contribution in [0.4, 0.5) is 13.2 Å². The summed E-state index contributed by atoms with van der Waals surface area (Å²) in [6.07, 6.45) is -8.01. The molecular weight excluding hydrogens is 285 g/mol. The fraction of sp³-hybridized carbons (Fsp3) is 0.273. The number of benzene rings is 1. The fourth-order valence-corrected chi connectivity index (χ4v) is 1.46. The van der Waals surface area contributed by atoms with Crippen LogP contribution in [0.2, 0.25) is 5.02 Å². The van der Waals surface area contributed by atoms with Gasteiger partial charge in [-0.3, -0.25) is 0 Å². The van der Waals surface area contributed by atoms with Crippen LogP contribution >= 0.6 is 11.6 Å². The standard InChI is InChI=1S/C11H8ClF3N2O2/c12-7-3-1-6(2-4-7)10-16-9(19-17-10)5-8(18)11(13,14)15/h1-4,8,18H,5H2. The first-order valence-electron chi connectivity index (χ1n) is 5.19. The van der Waals surface area contributed by atoms with Crippen molar-refractivity contribution in [3.63, 3.8) is 0 Å². The van der Waals surface area contributed by atoms with Gasteiger partial charge < -0.3 is 9.63 Å². The average Bonchev–Trinajstić information content (AvgIpc) is 2.77. The van der Waals surface area contributed by atoms with Gasteiger partial charge in [0.1, 0.15) is 0 Å². The number of aliphatic hydroxyl groups is 1. The third-order valence-electron chi connectivity index (χ3n) is 2.32. The summed E-state index contributed by atoms with van der Waals surface area (Å²) >= 11 is 5.70. The molecular formula is C11H8ClF3N2O2. The molecule has 0 spiro atoms. The fourth-order valence-electron chi connectivity index (χ4n) is 1.34. The monoisotopic (exact) mass is 292 g/mol. The van der Waals surface area contributed by atoms with Gasteiger partial charge in [-0.1, -0.05) is 16.8 Å². The molecule has 0 bridgehead atoms.